The molecule has 7 heteroatoms. The van der Waals surface area contributed by atoms with E-state index in [-0.39, 0.29) is 24.2 Å². The van der Waals surface area contributed by atoms with Crippen LogP contribution in [0.2, 0.25) is 0 Å². The molecule has 0 radical (unpaired) electrons. The molecule has 1 aromatic heterocycles. The van der Waals surface area contributed by atoms with Gasteiger partial charge in [-0.25, -0.2) is 4.68 Å². The van der Waals surface area contributed by atoms with Gasteiger partial charge in [-0.15, -0.1) is 10.2 Å². The number of aromatic nitrogens is 3. The number of aryl methyl sites for hydroxylation is 2. The zero-order chi connectivity index (χ0) is 16.4. The Morgan fingerprint density at radius 1 is 1.35 bits per heavy atom. The molecule has 1 aromatic carbocycles. The SMILES string of the molecule is CCc1cccc(C)c1N1CC(C(=O)Nn2cnnc2)CC1=O. The summed E-state index contributed by atoms with van der Waals surface area (Å²) in [7, 11) is 0. The highest BCUT2D eigenvalue weighted by Crippen LogP contribution is 2.31. The van der Waals surface area contributed by atoms with Crippen molar-refractivity contribution in [2.24, 2.45) is 5.92 Å². The standard InChI is InChI=1S/C16H19N5O2/c1-3-12-6-4-5-11(2)15(12)21-8-13(7-14(21)22)16(23)19-20-9-17-18-10-20/h4-6,9-10,13H,3,7-8H2,1-2H3,(H,19,23). The molecule has 2 amide bonds. The van der Waals surface area contributed by atoms with Crippen LogP contribution in [0, 0.1) is 12.8 Å². The molecule has 23 heavy (non-hydrogen) atoms. The summed E-state index contributed by atoms with van der Waals surface area (Å²) in [6, 6.07) is 6.01. The molecule has 7 nitrogen and oxygen atoms in total. The quantitative estimate of drug-likeness (QED) is 0.922. The van der Waals surface area contributed by atoms with E-state index in [2.05, 4.69) is 22.5 Å². The summed E-state index contributed by atoms with van der Waals surface area (Å²) in [5, 5.41) is 7.27. The van der Waals surface area contributed by atoms with Crippen LogP contribution in [0.5, 0.6) is 0 Å². The van der Waals surface area contributed by atoms with E-state index in [9.17, 15) is 9.59 Å². The van der Waals surface area contributed by atoms with E-state index in [0.29, 0.717) is 6.54 Å². The van der Waals surface area contributed by atoms with Crippen LogP contribution < -0.4 is 10.3 Å². The van der Waals surface area contributed by atoms with Gasteiger partial charge in [-0.05, 0) is 24.5 Å². The van der Waals surface area contributed by atoms with Crippen LogP contribution in [0.25, 0.3) is 0 Å². The number of nitrogens with one attached hydrogen (secondary N) is 1. The monoisotopic (exact) mass is 313 g/mol. The molecule has 0 aliphatic carbocycles. The Kier molecular flexibility index (Phi) is 4.10. The maximum atomic E-state index is 12.4. The maximum Gasteiger partial charge on any atom is 0.244 e. The minimum atomic E-state index is -0.380. The molecular formula is C16H19N5O2. The summed E-state index contributed by atoms with van der Waals surface area (Å²) in [5.74, 6) is -0.598. The Morgan fingerprint density at radius 3 is 2.78 bits per heavy atom. The van der Waals surface area contributed by atoms with E-state index in [1.165, 1.54) is 17.3 Å². The molecule has 0 spiro atoms. The molecule has 1 N–H and O–H groups in total. The summed E-state index contributed by atoms with van der Waals surface area (Å²) in [4.78, 5) is 26.5. The highest BCUT2D eigenvalue weighted by Gasteiger charge is 2.36. The van der Waals surface area contributed by atoms with Crippen molar-refractivity contribution in [3.8, 4) is 0 Å². The van der Waals surface area contributed by atoms with Crippen molar-refractivity contribution >= 4 is 17.5 Å². The molecule has 1 fully saturated rings. The van der Waals surface area contributed by atoms with Gasteiger partial charge in [0.25, 0.3) is 0 Å². The van der Waals surface area contributed by atoms with Gasteiger partial charge >= 0.3 is 0 Å². The Morgan fingerprint density at radius 2 is 2.09 bits per heavy atom. The van der Waals surface area contributed by atoms with Crippen molar-refractivity contribution < 1.29 is 9.59 Å². The Balaban J connectivity index is 1.79. The minimum absolute atomic E-state index is 0.0158. The molecule has 2 heterocycles. The third-order valence-corrected chi connectivity index (χ3v) is 4.13. The summed E-state index contributed by atoms with van der Waals surface area (Å²) in [6.07, 6.45) is 3.87. The smallest absolute Gasteiger partial charge is 0.244 e. The zero-order valence-electron chi connectivity index (χ0n) is 13.2. The van der Waals surface area contributed by atoms with E-state index in [1.54, 1.807) is 4.90 Å². The second kappa shape index (κ2) is 6.20. The predicted molar refractivity (Wildman–Crippen MR) is 85.4 cm³/mol. The summed E-state index contributed by atoms with van der Waals surface area (Å²) < 4.78 is 1.39. The molecule has 2 aromatic rings. The van der Waals surface area contributed by atoms with Gasteiger partial charge in [0, 0.05) is 18.7 Å². The number of hydrogen-bond acceptors (Lipinski definition) is 4. The first kappa shape index (κ1) is 15.2. The van der Waals surface area contributed by atoms with Crippen molar-refractivity contribution in [2.45, 2.75) is 26.7 Å². The van der Waals surface area contributed by atoms with Crippen LogP contribution in [0.4, 0.5) is 5.69 Å². The van der Waals surface area contributed by atoms with Gasteiger partial charge in [0.1, 0.15) is 12.7 Å². The van der Waals surface area contributed by atoms with E-state index >= 15 is 0 Å². The average Bonchev–Trinajstić information content (AvgIpc) is 3.16. The summed E-state index contributed by atoms with van der Waals surface area (Å²) >= 11 is 0. The summed E-state index contributed by atoms with van der Waals surface area (Å²) in [6.45, 7) is 4.45. The Bertz CT molecular complexity index is 726. The fourth-order valence-corrected chi connectivity index (χ4v) is 2.97. The van der Waals surface area contributed by atoms with Crippen molar-refractivity contribution in [3.63, 3.8) is 0 Å². The lowest BCUT2D eigenvalue weighted by molar-refractivity contribution is -0.123. The number of anilines is 1. The number of benzene rings is 1. The molecule has 3 rings (SSSR count). The van der Waals surface area contributed by atoms with Crippen LogP contribution in [-0.4, -0.2) is 33.2 Å². The molecule has 120 valence electrons. The average molecular weight is 313 g/mol. The van der Waals surface area contributed by atoms with Crippen molar-refractivity contribution in [1.82, 2.24) is 14.9 Å². The fraction of sp³-hybridized carbons (Fsp3) is 0.375. The van der Waals surface area contributed by atoms with E-state index in [0.717, 1.165) is 23.2 Å². The first-order valence-corrected chi connectivity index (χ1v) is 7.64. The topological polar surface area (TPSA) is 80.1 Å². The minimum Gasteiger partial charge on any atom is -0.311 e. The molecule has 0 bridgehead atoms. The van der Waals surface area contributed by atoms with Crippen LogP contribution >= 0.6 is 0 Å². The first-order valence-electron chi connectivity index (χ1n) is 7.64. The molecular weight excluding hydrogens is 294 g/mol. The highest BCUT2D eigenvalue weighted by molar-refractivity contribution is 6.02. The number of rotatable bonds is 4. The number of carbonyl (C=O) groups is 2. The Hall–Kier alpha value is -2.70. The second-order valence-electron chi connectivity index (χ2n) is 5.69. The third-order valence-electron chi connectivity index (χ3n) is 4.13. The van der Waals surface area contributed by atoms with Crippen LogP contribution in [0.1, 0.15) is 24.5 Å². The van der Waals surface area contributed by atoms with Gasteiger partial charge in [0.2, 0.25) is 11.8 Å². The Labute approximate surface area is 134 Å². The molecule has 1 saturated heterocycles. The van der Waals surface area contributed by atoms with Gasteiger partial charge < -0.3 is 4.90 Å². The molecule has 1 atom stereocenters. The van der Waals surface area contributed by atoms with E-state index in [4.69, 9.17) is 0 Å². The molecule has 0 saturated carbocycles. The second-order valence-corrected chi connectivity index (χ2v) is 5.69. The number of carbonyl (C=O) groups excluding carboxylic acids is 2. The summed E-state index contributed by atoms with van der Waals surface area (Å²) in [5.41, 5.74) is 5.79. The van der Waals surface area contributed by atoms with E-state index in [1.807, 2.05) is 25.1 Å². The first-order chi connectivity index (χ1) is 11.1. The number of nitrogens with zero attached hydrogens (tertiary/aromatic N) is 4. The third kappa shape index (κ3) is 2.94. The van der Waals surface area contributed by atoms with Crippen LogP contribution in [-0.2, 0) is 16.0 Å². The largest absolute Gasteiger partial charge is 0.311 e. The normalized spacial score (nSPS) is 17.6. The van der Waals surface area contributed by atoms with Gasteiger partial charge in [0.05, 0.1) is 5.92 Å². The lowest BCUT2D eigenvalue weighted by Gasteiger charge is -2.22. The van der Waals surface area contributed by atoms with Crippen molar-refractivity contribution in [2.75, 3.05) is 16.9 Å². The molecule has 1 unspecified atom stereocenters. The number of amides is 2. The lowest BCUT2D eigenvalue weighted by Crippen LogP contribution is -2.32. The molecule has 1 aliphatic rings. The van der Waals surface area contributed by atoms with Gasteiger partial charge in [-0.1, -0.05) is 25.1 Å². The van der Waals surface area contributed by atoms with Crippen molar-refractivity contribution in [3.05, 3.63) is 42.0 Å². The predicted octanol–water partition coefficient (Wildman–Crippen LogP) is 1.27. The maximum absolute atomic E-state index is 12.4. The molecule has 1 aliphatic heterocycles. The van der Waals surface area contributed by atoms with Crippen LogP contribution in [0.3, 0.4) is 0 Å². The lowest BCUT2D eigenvalue weighted by atomic mass is 10.0. The highest BCUT2D eigenvalue weighted by atomic mass is 16.2. The van der Waals surface area contributed by atoms with Gasteiger partial charge in [0.15, 0.2) is 0 Å². The van der Waals surface area contributed by atoms with Crippen LogP contribution in [0.15, 0.2) is 30.9 Å². The number of para-hydroxylation sites is 1. The van der Waals surface area contributed by atoms with Crippen molar-refractivity contribution in [1.29, 1.82) is 0 Å². The fourth-order valence-electron chi connectivity index (χ4n) is 2.97. The van der Waals surface area contributed by atoms with E-state index < -0.39 is 0 Å². The zero-order valence-corrected chi connectivity index (χ0v) is 13.2. The van der Waals surface area contributed by atoms with Gasteiger partial charge in [-0.2, -0.15) is 0 Å². The number of hydrogen-bond donors (Lipinski definition) is 1. The van der Waals surface area contributed by atoms with Gasteiger partial charge in [-0.3, -0.25) is 15.0 Å².